The molecule has 0 saturated carbocycles. The number of hydrogen-bond acceptors (Lipinski definition) is 4. The van der Waals surface area contributed by atoms with Crippen molar-refractivity contribution in [2.45, 2.75) is 0 Å². The van der Waals surface area contributed by atoms with Crippen molar-refractivity contribution in [3.63, 3.8) is 0 Å². The summed E-state index contributed by atoms with van der Waals surface area (Å²) in [7, 11) is 0. The molecule has 0 saturated heterocycles. The fourth-order valence-corrected chi connectivity index (χ4v) is 15.1. The van der Waals surface area contributed by atoms with Crippen LogP contribution in [0.15, 0.2) is 364 Å². The van der Waals surface area contributed by atoms with E-state index in [4.69, 9.17) is 15.0 Å². The Labute approximate surface area is 578 Å². The molecule has 4 heteroatoms. The SMILES string of the molecule is c1ccc(-c2ccc(-c3cc(-c4ccc5ccccc5c4)c4cc(-c5ccc6ccccc6c5)c5ccccc5c4n3)cc2)nc1.c1ccc2cc(-c3cc4c(-c5ccc6ccccc6c5)cc(-c5ccc(-c6nc7ccccc7c7ccccc67)cc5)nc4c4ccccc34)ccc2c1. The Bertz CT molecular complexity index is 6640. The van der Waals surface area contributed by atoms with Gasteiger partial charge in [-0.25, -0.2) is 15.0 Å². The lowest BCUT2D eigenvalue weighted by Crippen LogP contribution is -1.94. The molecule has 0 spiro atoms. The van der Waals surface area contributed by atoms with E-state index in [0.717, 1.165) is 88.5 Å². The molecule has 0 radical (unpaired) electrons. The maximum absolute atomic E-state index is 5.48. The van der Waals surface area contributed by atoms with Crippen molar-refractivity contribution in [2.24, 2.45) is 0 Å². The fraction of sp³-hybridized carbons (Fsp3) is 0. The van der Waals surface area contributed by atoms with E-state index < -0.39 is 0 Å². The van der Waals surface area contributed by atoms with Gasteiger partial charge in [0.05, 0.1) is 39.3 Å². The number of rotatable bonds is 8. The summed E-state index contributed by atoms with van der Waals surface area (Å²) < 4.78 is 0. The molecular weight excluding hydrogens is 1210 g/mol. The second-order valence-electron chi connectivity index (χ2n) is 26.0. The van der Waals surface area contributed by atoms with E-state index in [1.165, 1.54) is 109 Å². The monoisotopic (exact) mass is 1270 g/mol. The summed E-state index contributed by atoms with van der Waals surface area (Å²) in [5.74, 6) is 0. The summed E-state index contributed by atoms with van der Waals surface area (Å²) >= 11 is 0. The summed E-state index contributed by atoms with van der Waals surface area (Å²) in [4.78, 5) is 20.6. The number of pyridine rings is 4. The predicted octanol–water partition coefficient (Wildman–Crippen LogP) is 25.8. The largest absolute Gasteiger partial charge is 0.256 e. The molecule has 0 amide bonds. The first-order valence-corrected chi connectivity index (χ1v) is 34.1. The van der Waals surface area contributed by atoms with E-state index in [9.17, 15) is 0 Å². The quantitative estimate of drug-likeness (QED) is 0.142. The van der Waals surface area contributed by atoms with Gasteiger partial charge in [0.1, 0.15) is 0 Å². The first-order valence-electron chi connectivity index (χ1n) is 34.1. The van der Waals surface area contributed by atoms with Crippen molar-refractivity contribution in [3.8, 4) is 89.5 Å². The van der Waals surface area contributed by atoms with Gasteiger partial charge in [0.2, 0.25) is 0 Å². The number of benzene rings is 16. The minimum absolute atomic E-state index is 0.942. The third-order valence-electron chi connectivity index (χ3n) is 20.1. The van der Waals surface area contributed by atoms with E-state index >= 15 is 0 Å². The van der Waals surface area contributed by atoms with Crippen molar-refractivity contribution in [2.75, 3.05) is 0 Å². The predicted molar refractivity (Wildman–Crippen MR) is 423 cm³/mol. The molecule has 0 aliphatic heterocycles. The average molecular weight is 1270 g/mol. The zero-order valence-electron chi connectivity index (χ0n) is 54.4. The minimum atomic E-state index is 0.942. The van der Waals surface area contributed by atoms with Gasteiger partial charge in [-0.1, -0.05) is 291 Å². The van der Waals surface area contributed by atoms with Gasteiger partial charge in [-0.2, -0.15) is 0 Å². The Morgan fingerprint density at radius 1 is 0.170 bits per heavy atom. The highest BCUT2D eigenvalue weighted by Gasteiger charge is 2.20. The molecule has 20 aromatic rings. The summed E-state index contributed by atoms with van der Waals surface area (Å²) in [6.07, 6.45) is 1.83. The van der Waals surface area contributed by atoms with Gasteiger partial charge in [0, 0.05) is 60.8 Å². The van der Waals surface area contributed by atoms with Gasteiger partial charge < -0.3 is 0 Å². The lowest BCUT2D eigenvalue weighted by molar-refractivity contribution is 1.32. The smallest absolute Gasteiger partial charge is 0.0794 e. The highest BCUT2D eigenvalue weighted by Crippen LogP contribution is 2.45. The summed E-state index contributed by atoms with van der Waals surface area (Å²) in [6.45, 7) is 0. The van der Waals surface area contributed by atoms with Crippen LogP contribution in [0.3, 0.4) is 0 Å². The fourth-order valence-electron chi connectivity index (χ4n) is 15.1. The van der Waals surface area contributed by atoms with E-state index in [0.29, 0.717) is 0 Å². The third-order valence-corrected chi connectivity index (χ3v) is 20.1. The zero-order chi connectivity index (χ0) is 66.0. The average Bonchev–Trinajstić information content (AvgIpc) is 0.734. The molecule has 20 rings (SSSR count). The first kappa shape index (κ1) is 58.1. The van der Waals surface area contributed by atoms with Crippen LogP contribution in [0.1, 0.15) is 0 Å². The topological polar surface area (TPSA) is 51.6 Å². The summed E-state index contributed by atoms with van der Waals surface area (Å²) in [5.41, 5.74) is 20.7. The molecule has 0 atom stereocenters. The molecule has 4 heterocycles. The molecule has 0 unspecified atom stereocenters. The molecular formula is C96H60N4. The molecule has 0 aliphatic rings. The lowest BCUT2D eigenvalue weighted by atomic mass is 9.90. The molecule has 4 aromatic heterocycles. The number of nitrogens with zero attached hydrogens (tertiary/aromatic N) is 4. The second kappa shape index (κ2) is 24.4. The number of aromatic nitrogens is 4. The molecule has 0 bridgehead atoms. The molecule has 16 aromatic carbocycles. The summed E-state index contributed by atoms with van der Waals surface area (Å²) in [5, 5.41) is 20.4. The maximum atomic E-state index is 5.48. The van der Waals surface area contributed by atoms with Crippen molar-refractivity contribution < 1.29 is 0 Å². The summed E-state index contributed by atoms with van der Waals surface area (Å²) in [6, 6.07) is 129. The van der Waals surface area contributed by atoms with Crippen molar-refractivity contribution in [1.29, 1.82) is 0 Å². The molecule has 100 heavy (non-hydrogen) atoms. The van der Waals surface area contributed by atoms with Crippen LogP contribution in [0.5, 0.6) is 0 Å². The van der Waals surface area contributed by atoms with Crippen molar-refractivity contribution >= 4 is 108 Å². The van der Waals surface area contributed by atoms with Crippen LogP contribution in [-0.4, -0.2) is 19.9 Å². The van der Waals surface area contributed by atoms with E-state index in [1.807, 2.05) is 24.4 Å². The Kier molecular flexibility index (Phi) is 14.2. The Morgan fingerprint density at radius 2 is 0.490 bits per heavy atom. The normalized spacial score (nSPS) is 11.6. The maximum Gasteiger partial charge on any atom is 0.0794 e. The van der Waals surface area contributed by atoms with Crippen LogP contribution in [0.25, 0.3) is 198 Å². The molecule has 464 valence electrons. The highest BCUT2D eigenvalue weighted by atomic mass is 14.7. The van der Waals surface area contributed by atoms with Gasteiger partial charge in [-0.15, -0.1) is 0 Å². The first-order chi connectivity index (χ1) is 49.5. The Hall–Kier alpha value is -13.3. The number of fused-ring (bicyclic) bond motifs is 13. The van der Waals surface area contributed by atoms with E-state index in [-0.39, 0.29) is 0 Å². The van der Waals surface area contributed by atoms with Crippen LogP contribution in [0.2, 0.25) is 0 Å². The van der Waals surface area contributed by atoms with Crippen molar-refractivity contribution in [3.05, 3.63) is 364 Å². The van der Waals surface area contributed by atoms with Crippen molar-refractivity contribution in [1.82, 2.24) is 19.9 Å². The van der Waals surface area contributed by atoms with Gasteiger partial charge in [0.25, 0.3) is 0 Å². The standard InChI is InChI=1S/C52H32N2.C44H28N2/c1-3-13-37-29-39(27-21-33(37)11-1)46-31-48-47(40-28-22-34-12-2-4-14-38(34)30-40)32-50(54-52(48)45-19-8-6-16-42(45)46)35-23-25-36(26-24-35)51-44-18-7-5-15-41(44)43-17-9-10-20-49(43)53-51;1-3-11-33-25-35(22-16-29(33)9-1)39-27-41-40(36-23-17-30-10-2-4-12-34(30)26-36)28-43(46-44(41)38-14-6-5-13-37(38)39)32-20-18-31(19-21-32)42-15-7-8-24-45-42/h1-32H;1-28H. The molecule has 4 nitrogen and oxygen atoms in total. The Balaban J connectivity index is 0.000000141. The number of para-hydroxylation sites is 1. The van der Waals surface area contributed by atoms with Crippen LogP contribution in [0.4, 0.5) is 0 Å². The lowest BCUT2D eigenvalue weighted by Gasteiger charge is -2.16. The van der Waals surface area contributed by atoms with Gasteiger partial charge in [-0.05, 0) is 170 Å². The molecule has 0 N–H and O–H groups in total. The van der Waals surface area contributed by atoms with Crippen LogP contribution < -0.4 is 0 Å². The van der Waals surface area contributed by atoms with E-state index in [1.54, 1.807) is 0 Å². The minimum Gasteiger partial charge on any atom is -0.256 e. The van der Waals surface area contributed by atoms with Gasteiger partial charge in [-0.3, -0.25) is 4.98 Å². The number of hydrogen-bond donors (Lipinski definition) is 0. The third kappa shape index (κ3) is 10.4. The Morgan fingerprint density at radius 3 is 0.910 bits per heavy atom. The molecule has 0 aliphatic carbocycles. The second-order valence-corrected chi connectivity index (χ2v) is 26.0. The van der Waals surface area contributed by atoms with Crippen LogP contribution in [-0.2, 0) is 0 Å². The van der Waals surface area contributed by atoms with Crippen LogP contribution in [0, 0.1) is 0 Å². The zero-order valence-corrected chi connectivity index (χ0v) is 54.4. The highest BCUT2D eigenvalue weighted by molar-refractivity contribution is 6.19. The van der Waals surface area contributed by atoms with E-state index in [2.05, 4.69) is 345 Å². The van der Waals surface area contributed by atoms with Gasteiger partial charge in [0.15, 0.2) is 0 Å². The molecule has 0 fully saturated rings. The van der Waals surface area contributed by atoms with Gasteiger partial charge >= 0.3 is 0 Å². The van der Waals surface area contributed by atoms with Crippen LogP contribution >= 0.6 is 0 Å².